The van der Waals surface area contributed by atoms with Crippen molar-refractivity contribution in [3.63, 3.8) is 0 Å². The van der Waals surface area contributed by atoms with Crippen molar-refractivity contribution in [1.82, 2.24) is 16.0 Å². The van der Waals surface area contributed by atoms with Crippen LogP contribution in [-0.4, -0.2) is 38.5 Å². The van der Waals surface area contributed by atoms with Crippen molar-refractivity contribution in [2.75, 3.05) is 26.7 Å². The van der Waals surface area contributed by atoms with Crippen LogP contribution < -0.4 is 16.0 Å². The van der Waals surface area contributed by atoms with Crippen LogP contribution in [-0.2, 0) is 6.42 Å². The molecule has 6 nitrogen and oxygen atoms in total. The molecule has 7 heteroatoms. The van der Waals surface area contributed by atoms with Gasteiger partial charge in [0.2, 0.25) is 0 Å². The van der Waals surface area contributed by atoms with E-state index in [1.807, 2.05) is 0 Å². The number of benzene rings is 1. The van der Waals surface area contributed by atoms with Crippen LogP contribution >= 0.6 is 24.0 Å². The number of carbonyl (C=O) groups excluding carboxylic acids is 1. The summed E-state index contributed by atoms with van der Waals surface area (Å²) in [6, 6.07) is 12.2. The van der Waals surface area contributed by atoms with Gasteiger partial charge in [-0.25, -0.2) is 0 Å². The minimum absolute atomic E-state index is 0. The van der Waals surface area contributed by atoms with Gasteiger partial charge in [-0.15, -0.1) is 24.0 Å². The highest BCUT2D eigenvalue weighted by Gasteiger charge is 2.06. The number of rotatable bonds is 9. The Hall–Kier alpha value is -2.03. The van der Waals surface area contributed by atoms with Crippen molar-refractivity contribution < 1.29 is 9.21 Å². The molecule has 0 bridgehead atoms. The van der Waals surface area contributed by atoms with Gasteiger partial charge < -0.3 is 20.4 Å². The molecule has 0 aliphatic rings. The Kier molecular flexibility index (Phi) is 11.3. The number of guanidine groups is 1. The molecule has 2 rings (SSSR count). The second kappa shape index (κ2) is 13.2. The number of nitrogens with one attached hydrogen (secondary N) is 3. The first-order valence-corrected chi connectivity index (χ1v) is 9.45. The summed E-state index contributed by atoms with van der Waals surface area (Å²) in [4.78, 5) is 15.9. The summed E-state index contributed by atoms with van der Waals surface area (Å²) >= 11 is 0. The third kappa shape index (κ3) is 8.33. The second-order valence-electron chi connectivity index (χ2n) is 6.66. The highest BCUT2D eigenvalue weighted by Crippen LogP contribution is 2.15. The Labute approximate surface area is 184 Å². The Balaban J connectivity index is 0.00000392. The van der Waals surface area contributed by atoms with Crippen LogP contribution in [0.1, 0.15) is 47.9 Å². The average molecular weight is 498 g/mol. The minimum Gasteiger partial charge on any atom is -0.459 e. The van der Waals surface area contributed by atoms with Crippen molar-refractivity contribution in [1.29, 1.82) is 0 Å². The minimum atomic E-state index is -0.215. The number of furan rings is 1. The summed E-state index contributed by atoms with van der Waals surface area (Å²) in [6.07, 6.45) is 3.54. The van der Waals surface area contributed by atoms with E-state index >= 15 is 0 Å². The van der Waals surface area contributed by atoms with Crippen molar-refractivity contribution in [3.05, 3.63) is 59.5 Å². The van der Waals surface area contributed by atoms with Gasteiger partial charge in [0.05, 0.1) is 6.26 Å². The molecule has 0 aliphatic heterocycles. The van der Waals surface area contributed by atoms with Crippen LogP contribution in [0.3, 0.4) is 0 Å². The van der Waals surface area contributed by atoms with E-state index in [2.05, 4.69) is 59.1 Å². The molecule has 0 fully saturated rings. The van der Waals surface area contributed by atoms with Crippen molar-refractivity contribution in [2.24, 2.45) is 4.99 Å². The van der Waals surface area contributed by atoms with Gasteiger partial charge in [-0.1, -0.05) is 38.1 Å². The first-order valence-electron chi connectivity index (χ1n) is 9.45. The first kappa shape index (κ1) is 24.0. The highest BCUT2D eigenvalue weighted by molar-refractivity contribution is 14.0. The molecule has 3 N–H and O–H groups in total. The summed E-state index contributed by atoms with van der Waals surface area (Å²) in [5, 5.41) is 9.26. The predicted molar refractivity (Wildman–Crippen MR) is 125 cm³/mol. The zero-order chi connectivity index (χ0) is 19.5. The largest absolute Gasteiger partial charge is 0.459 e. The Morgan fingerprint density at radius 2 is 1.71 bits per heavy atom. The third-order valence-electron chi connectivity index (χ3n) is 4.25. The topological polar surface area (TPSA) is 78.7 Å². The van der Waals surface area contributed by atoms with Crippen LogP contribution in [0.25, 0.3) is 0 Å². The Morgan fingerprint density at radius 1 is 1.04 bits per heavy atom. The maximum Gasteiger partial charge on any atom is 0.287 e. The van der Waals surface area contributed by atoms with E-state index in [4.69, 9.17) is 4.42 Å². The molecule has 0 radical (unpaired) electrons. The lowest BCUT2D eigenvalue weighted by molar-refractivity contribution is 0.0926. The predicted octanol–water partition coefficient (Wildman–Crippen LogP) is 3.55. The fourth-order valence-corrected chi connectivity index (χ4v) is 2.64. The SMILES string of the molecule is CN=C(NCCCc1ccc(C(C)C)cc1)NCCNC(=O)c1ccco1.I. The standard InChI is InChI=1S/C21H30N4O2.HI/c1-16(2)18-10-8-17(9-11-18)6-4-12-24-21(22-3)25-14-13-23-20(26)19-7-5-15-27-19;/h5,7-11,15-16H,4,6,12-14H2,1-3H3,(H,23,26)(H2,22,24,25);1H. The molecule has 1 amide bonds. The van der Waals surface area contributed by atoms with Crippen molar-refractivity contribution >= 4 is 35.8 Å². The van der Waals surface area contributed by atoms with Gasteiger partial charge in [0.1, 0.15) is 0 Å². The molecular formula is C21H31IN4O2. The molecule has 1 heterocycles. The smallest absolute Gasteiger partial charge is 0.287 e. The average Bonchev–Trinajstić information content (AvgIpc) is 3.21. The van der Waals surface area contributed by atoms with Crippen molar-refractivity contribution in [2.45, 2.75) is 32.6 Å². The van der Waals surface area contributed by atoms with E-state index < -0.39 is 0 Å². The monoisotopic (exact) mass is 498 g/mol. The number of amides is 1. The number of aryl methyl sites for hydroxylation is 1. The number of aliphatic imine (C=N–C) groups is 1. The van der Waals surface area contributed by atoms with Gasteiger partial charge in [-0.05, 0) is 42.0 Å². The van der Waals surface area contributed by atoms with E-state index in [9.17, 15) is 4.79 Å². The maximum absolute atomic E-state index is 11.7. The molecule has 28 heavy (non-hydrogen) atoms. The van der Waals surface area contributed by atoms with Gasteiger partial charge in [-0.2, -0.15) is 0 Å². The van der Waals surface area contributed by atoms with Crippen LogP contribution in [0, 0.1) is 0 Å². The molecule has 0 aliphatic carbocycles. The van der Waals surface area contributed by atoms with E-state index in [0.29, 0.717) is 24.8 Å². The summed E-state index contributed by atoms with van der Waals surface area (Å²) < 4.78 is 5.05. The van der Waals surface area contributed by atoms with Gasteiger partial charge in [0, 0.05) is 26.7 Å². The zero-order valence-corrected chi connectivity index (χ0v) is 19.2. The van der Waals surface area contributed by atoms with E-state index in [-0.39, 0.29) is 29.9 Å². The lowest BCUT2D eigenvalue weighted by atomic mass is 10.0. The molecule has 0 spiro atoms. The number of hydrogen-bond acceptors (Lipinski definition) is 3. The van der Waals surface area contributed by atoms with Gasteiger partial charge >= 0.3 is 0 Å². The molecule has 0 unspecified atom stereocenters. The highest BCUT2D eigenvalue weighted by atomic mass is 127. The van der Waals surface area contributed by atoms with Gasteiger partial charge in [0.25, 0.3) is 5.91 Å². The number of hydrogen-bond donors (Lipinski definition) is 3. The summed E-state index contributed by atoms with van der Waals surface area (Å²) in [5.41, 5.74) is 2.73. The molecule has 2 aromatic rings. The maximum atomic E-state index is 11.7. The normalized spacial score (nSPS) is 11.1. The third-order valence-corrected chi connectivity index (χ3v) is 4.25. The first-order chi connectivity index (χ1) is 13.1. The Bertz CT molecular complexity index is 713. The zero-order valence-electron chi connectivity index (χ0n) is 16.8. The van der Waals surface area contributed by atoms with E-state index in [1.54, 1.807) is 19.2 Å². The fraction of sp³-hybridized carbons (Fsp3) is 0.429. The van der Waals surface area contributed by atoms with Gasteiger partial charge in [0.15, 0.2) is 11.7 Å². The molecular weight excluding hydrogens is 467 g/mol. The molecule has 0 saturated heterocycles. The number of nitrogens with zero attached hydrogens (tertiary/aromatic N) is 1. The van der Waals surface area contributed by atoms with E-state index in [0.717, 1.165) is 25.3 Å². The summed E-state index contributed by atoms with van der Waals surface area (Å²) in [5.74, 6) is 1.41. The quantitative estimate of drug-likeness (QED) is 0.214. The Morgan fingerprint density at radius 3 is 2.32 bits per heavy atom. The second-order valence-corrected chi connectivity index (χ2v) is 6.66. The molecule has 1 aromatic carbocycles. The van der Waals surface area contributed by atoms with Gasteiger partial charge in [-0.3, -0.25) is 9.79 Å². The molecule has 0 atom stereocenters. The number of carbonyl (C=O) groups is 1. The van der Waals surface area contributed by atoms with Crippen LogP contribution in [0.15, 0.2) is 52.1 Å². The molecule has 154 valence electrons. The summed E-state index contributed by atoms with van der Waals surface area (Å²) in [6.45, 7) is 6.33. The molecule has 0 saturated carbocycles. The lowest BCUT2D eigenvalue weighted by Gasteiger charge is -2.12. The molecule has 1 aromatic heterocycles. The van der Waals surface area contributed by atoms with Crippen LogP contribution in [0.2, 0.25) is 0 Å². The van der Waals surface area contributed by atoms with E-state index in [1.165, 1.54) is 17.4 Å². The fourth-order valence-electron chi connectivity index (χ4n) is 2.64. The summed E-state index contributed by atoms with van der Waals surface area (Å²) in [7, 11) is 1.74. The lowest BCUT2D eigenvalue weighted by Crippen LogP contribution is -2.41. The van der Waals surface area contributed by atoms with Crippen LogP contribution in [0.5, 0.6) is 0 Å². The number of halogens is 1. The van der Waals surface area contributed by atoms with Crippen LogP contribution in [0.4, 0.5) is 0 Å². The van der Waals surface area contributed by atoms with Crippen molar-refractivity contribution in [3.8, 4) is 0 Å².